The van der Waals surface area contributed by atoms with Crippen LogP contribution in [0.4, 0.5) is 4.39 Å². The predicted molar refractivity (Wildman–Crippen MR) is 67.1 cm³/mol. The lowest BCUT2D eigenvalue weighted by atomic mass is 10.4. The minimum Gasteiger partial charge on any atom is -0.324 e. The quantitative estimate of drug-likeness (QED) is 0.607. The second-order valence-electron chi connectivity index (χ2n) is 3.24. The molecule has 0 amide bonds. The van der Waals surface area contributed by atoms with Gasteiger partial charge in [-0.3, -0.25) is 0 Å². The number of alkyl halides is 1. The Morgan fingerprint density at radius 2 is 2.12 bits per heavy atom. The van der Waals surface area contributed by atoms with Crippen molar-refractivity contribution in [2.24, 2.45) is 4.99 Å². The summed E-state index contributed by atoms with van der Waals surface area (Å²) >= 11 is 9.09. The summed E-state index contributed by atoms with van der Waals surface area (Å²) in [5, 5.41) is -0.433. The molecule has 86 valence electrons. The number of aliphatic imine (C=N–C) groups is 1. The van der Waals surface area contributed by atoms with Gasteiger partial charge in [-0.25, -0.2) is 4.99 Å². The fourth-order valence-electron chi connectivity index (χ4n) is 1.58. The van der Waals surface area contributed by atoms with Gasteiger partial charge < -0.3 is 9.47 Å². The lowest BCUT2D eigenvalue weighted by Crippen LogP contribution is -2.34. The number of allylic oxidation sites excluding steroid dienone is 1. The minimum absolute atomic E-state index is 0.102. The molecule has 1 atom stereocenters. The lowest BCUT2D eigenvalue weighted by molar-refractivity contribution is 0.373. The Kier molecular flexibility index (Phi) is 3.35. The average Bonchev–Trinajstić information content (AvgIpc) is 2.76. The highest BCUT2D eigenvalue weighted by atomic mass is 79.9. The van der Waals surface area contributed by atoms with Crippen LogP contribution in [-0.2, 0) is 0 Å². The monoisotopic (exact) mass is 305 g/mol. The van der Waals surface area contributed by atoms with Crippen molar-refractivity contribution in [2.45, 2.75) is 12.0 Å². The van der Waals surface area contributed by atoms with Crippen LogP contribution in [-0.4, -0.2) is 26.3 Å². The van der Waals surface area contributed by atoms with Crippen molar-refractivity contribution in [2.75, 3.05) is 6.54 Å². The zero-order chi connectivity index (χ0) is 11.7. The van der Waals surface area contributed by atoms with Crippen molar-refractivity contribution >= 4 is 38.5 Å². The smallest absolute Gasteiger partial charge is 0.201 e. The molecule has 2 heterocycles. The van der Waals surface area contributed by atoms with E-state index >= 15 is 0 Å². The van der Waals surface area contributed by atoms with E-state index in [1.807, 2.05) is 19.1 Å². The second kappa shape index (κ2) is 4.59. The Morgan fingerprint density at radius 3 is 2.69 bits per heavy atom. The average molecular weight is 307 g/mol. The molecule has 1 aromatic rings. The van der Waals surface area contributed by atoms with Gasteiger partial charge in [0.2, 0.25) is 5.83 Å². The molecule has 1 aromatic heterocycles. The van der Waals surface area contributed by atoms with E-state index < -0.39 is 5.83 Å². The number of hydrogen-bond acceptors (Lipinski definition) is 2. The summed E-state index contributed by atoms with van der Waals surface area (Å²) in [4.78, 5) is 5.73. The normalized spacial score (nSPS) is 21.4. The maximum atomic E-state index is 13.9. The molecule has 1 aliphatic rings. The zero-order valence-corrected chi connectivity index (χ0v) is 10.9. The minimum atomic E-state index is -0.504. The lowest BCUT2D eigenvalue weighted by Gasteiger charge is -2.32. The van der Waals surface area contributed by atoms with E-state index in [0.717, 1.165) is 0 Å². The summed E-state index contributed by atoms with van der Waals surface area (Å²) in [7, 11) is 0. The van der Waals surface area contributed by atoms with E-state index in [9.17, 15) is 4.39 Å². The van der Waals surface area contributed by atoms with Gasteiger partial charge in [-0.1, -0.05) is 11.6 Å². The van der Waals surface area contributed by atoms with Crippen molar-refractivity contribution in [1.29, 1.82) is 0 Å². The fraction of sp³-hybridized carbons (Fsp3) is 0.300. The molecule has 0 aromatic carbocycles. The number of hydrogen-bond donors (Lipinski definition) is 0. The van der Waals surface area contributed by atoms with Crippen molar-refractivity contribution in [3.63, 3.8) is 0 Å². The molecular formula is C10H10BrClFN3. The number of rotatable bonds is 2. The topological polar surface area (TPSA) is 20.5 Å². The number of nitrogens with zero attached hydrogens (tertiary/aromatic N) is 3. The van der Waals surface area contributed by atoms with Gasteiger partial charge in [0.15, 0.2) is 16.1 Å². The molecule has 16 heavy (non-hydrogen) atoms. The molecule has 6 heteroatoms. The number of aromatic nitrogens is 1. The van der Waals surface area contributed by atoms with E-state index in [1.165, 1.54) is 0 Å². The van der Waals surface area contributed by atoms with Crippen molar-refractivity contribution < 1.29 is 4.39 Å². The molecule has 0 bridgehead atoms. The van der Waals surface area contributed by atoms with Gasteiger partial charge in [0, 0.05) is 18.9 Å². The first-order valence-electron chi connectivity index (χ1n) is 4.82. The molecule has 0 aliphatic carbocycles. The van der Waals surface area contributed by atoms with Crippen LogP contribution < -0.4 is 0 Å². The molecule has 1 aliphatic heterocycles. The summed E-state index contributed by atoms with van der Waals surface area (Å²) in [6.07, 6.45) is 3.54. The maximum absolute atomic E-state index is 13.9. The van der Waals surface area contributed by atoms with Crippen LogP contribution in [0.25, 0.3) is 5.82 Å². The van der Waals surface area contributed by atoms with Gasteiger partial charge in [-0.2, -0.15) is 4.39 Å². The highest BCUT2D eigenvalue weighted by molar-refractivity contribution is 9.09. The molecule has 0 N–H and O–H groups in total. The Bertz CT molecular complexity index is 441. The van der Waals surface area contributed by atoms with Crippen molar-refractivity contribution in [1.82, 2.24) is 9.47 Å². The molecule has 1 unspecified atom stereocenters. The summed E-state index contributed by atoms with van der Waals surface area (Å²) in [6.45, 7) is 2.56. The van der Waals surface area contributed by atoms with Crippen molar-refractivity contribution in [3.05, 3.63) is 30.4 Å². The van der Waals surface area contributed by atoms with Crippen LogP contribution >= 0.6 is 27.5 Å². The first-order chi connectivity index (χ1) is 7.65. The summed E-state index contributed by atoms with van der Waals surface area (Å²) in [5.74, 6) is -0.0928. The van der Waals surface area contributed by atoms with Gasteiger partial charge in [0.1, 0.15) is 0 Å². The van der Waals surface area contributed by atoms with E-state index in [1.54, 1.807) is 21.9 Å². The van der Waals surface area contributed by atoms with Gasteiger partial charge in [-0.05, 0) is 35.0 Å². The summed E-state index contributed by atoms with van der Waals surface area (Å²) < 4.78 is 15.6. The molecule has 0 fully saturated rings. The predicted octanol–water partition coefficient (Wildman–Crippen LogP) is 3.24. The third-order valence-electron chi connectivity index (χ3n) is 2.32. The highest BCUT2D eigenvalue weighted by Crippen LogP contribution is 2.30. The summed E-state index contributed by atoms with van der Waals surface area (Å²) in [6, 6.07) is 3.66. The SMILES string of the molecule is CCN1C(n2cccc2)=C(F)C(Cl)=NC1Br. The van der Waals surface area contributed by atoms with Crippen LogP contribution in [0.5, 0.6) is 0 Å². The zero-order valence-electron chi connectivity index (χ0n) is 8.57. The van der Waals surface area contributed by atoms with Gasteiger partial charge in [0.05, 0.1) is 0 Å². The molecule has 0 saturated carbocycles. The van der Waals surface area contributed by atoms with Gasteiger partial charge in [0.25, 0.3) is 0 Å². The second-order valence-corrected chi connectivity index (χ2v) is 4.42. The Morgan fingerprint density at radius 1 is 1.50 bits per heavy atom. The molecule has 0 saturated heterocycles. The van der Waals surface area contributed by atoms with Crippen LogP contribution in [0.2, 0.25) is 0 Å². The molecule has 0 spiro atoms. The summed E-state index contributed by atoms with van der Waals surface area (Å²) in [5.41, 5.74) is 0. The standard InChI is InChI=1S/C10H10BrClFN3/c1-2-16-9(15-5-3-4-6-15)7(13)8(12)14-10(16)11/h3-6,10H,2H2,1H3. The third kappa shape index (κ3) is 1.89. The Hall–Kier alpha value is -0.810. The first kappa shape index (κ1) is 11.7. The molecule has 2 rings (SSSR count). The Balaban J connectivity index is 2.52. The molecule has 3 nitrogen and oxygen atoms in total. The van der Waals surface area contributed by atoms with Crippen LogP contribution in [0, 0.1) is 0 Å². The first-order valence-corrected chi connectivity index (χ1v) is 6.12. The van der Waals surface area contributed by atoms with Gasteiger partial charge in [-0.15, -0.1) is 0 Å². The third-order valence-corrected chi connectivity index (χ3v) is 3.28. The number of halogens is 3. The maximum Gasteiger partial charge on any atom is 0.201 e. The van der Waals surface area contributed by atoms with E-state index in [-0.39, 0.29) is 10.2 Å². The van der Waals surface area contributed by atoms with Gasteiger partial charge >= 0.3 is 0 Å². The van der Waals surface area contributed by atoms with Crippen LogP contribution in [0.15, 0.2) is 35.3 Å². The van der Waals surface area contributed by atoms with Crippen LogP contribution in [0.1, 0.15) is 6.92 Å². The molecular weight excluding hydrogens is 296 g/mol. The molecule has 0 radical (unpaired) electrons. The largest absolute Gasteiger partial charge is 0.324 e. The Labute approximate surface area is 106 Å². The van der Waals surface area contributed by atoms with Crippen LogP contribution in [0.3, 0.4) is 0 Å². The van der Waals surface area contributed by atoms with E-state index in [0.29, 0.717) is 12.4 Å². The van der Waals surface area contributed by atoms with E-state index in [2.05, 4.69) is 20.9 Å². The van der Waals surface area contributed by atoms with Crippen molar-refractivity contribution in [3.8, 4) is 0 Å². The highest BCUT2D eigenvalue weighted by Gasteiger charge is 2.28. The van der Waals surface area contributed by atoms with E-state index in [4.69, 9.17) is 11.6 Å². The fourth-order valence-corrected chi connectivity index (χ4v) is 2.56.